The predicted molar refractivity (Wildman–Crippen MR) is 91.4 cm³/mol. The summed E-state index contributed by atoms with van der Waals surface area (Å²) in [5, 5.41) is 10.7. The fourth-order valence-electron chi connectivity index (χ4n) is 2.36. The summed E-state index contributed by atoms with van der Waals surface area (Å²) in [5.41, 5.74) is 0.848. The highest BCUT2D eigenvalue weighted by Crippen LogP contribution is 2.19. The van der Waals surface area contributed by atoms with Gasteiger partial charge in [-0.15, -0.1) is 0 Å². The number of hydrogen-bond acceptors (Lipinski definition) is 3. The highest BCUT2D eigenvalue weighted by Gasteiger charge is 2.14. The van der Waals surface area contributed by atoms with Gasteiger partial charge < -0.3 is 5.11 Å². The van der Waals surface area contributed by atoms with Crippen LogP contribution in [-0.2, 0) is 16.6 Å². The Morgan fingerprint density at radius 2 is 1.58 bits per heavy atom. The van der Waals surface area contributed by atoms with Crippen LogP contribution in [0.2, 0.25) is 0 Å². The molecule has 0 aromatic heterocycles. The average Bonchev–Trinajstić information content (AvgIpc) is 2.60. The largest absolute Gasteiger partial charge is 0.478 e. The number of carboxylic acids is 1. The van der Waals surface area contributed by atoms with E-state index in [0.29, 0.717) is 5.56 Å². The van der Waals surface area contributed by atoms with E-state index >= 15 is 0 Å². The highest BCUT2D eigenvalue weighted by molar-refractivity contribution is 7.89. The van der Waals surface area contributed by atoms with Gasteiger partial charge in [-0.3, -0.25) is 0 Å². The molecule has 0 bridgehead atoms. The molecule has 0 amide bonds. The number of rotatable bonds is 5. The zero-order chi connectivity index (χ0) is 17.2. The van der Waals surface area contributed by atoms with Crippen LogP contribution in [0.25, 0.3) is 10.8 Å². The Labute approximate surface area is 139 Å². The van der Waals surface area contributed by atoms with E-state index in [-0.39, 0.29) is 17.0 Å². The summed E-state index contributed by atoms with van der Waals surface area (Å²) in [6, 6.07) is 18.6. The van der Waals surface area contributed by atoms with Crippen LogP contribution in [0, 0.1) is 0 Å². The van der Waals surface area contributed by atoms with Crippen LogP contribution in [0.3, 0.4) is 0 Å². The van der Waals surface area contributed by atoms with Crippen molar-refractivity contribution >= 4 is 26.8 Å². The van der Waals surface area contributed by atoms with Crippen molar-refractivity contribution < 1.29 is 18.3 Å². The minimum absolute atomic E-state index is 0.0923. The molecule has 0 unspecified atom stereocenters. The number of nitrogens with one attached hydrogen (secondary N) is 1. The zero-order valence-electron chi connectivity index (χ0n) is 12.6. The summed E-state index contributed by atoms with van der Waals surface area (Å²) >= 11 is 0. The maximum Gasteiger partial charge on any atom is 0.335 e. The van der Waals surface area contributed by atoms with Gasteiger partial charge in [0.1, 0.15) is 0 Å². The van der Waals surface area contributed by atoms with Gasteiger partial charge in [-0.05, 0) is 40.6 Å². The predicted octanol–water partition coefficient (Wildman–Crippen LogP) is 3.02. The summed E-state index contributed by atoms with van der Waals surface area (Å²) < 4.78 is 27.4. The molecule has 0 saturated carbocycles. The summed E-state index contributed by atoms with van der Waals surface area (Å²) in [7, 11) is -3.64. The number of fused-ring (bicyclic) bond motifs is 1. The first-order chi connectivity index (χ1) is 11.5. The van der Waals surface area contributed by atoms with Gasteiger partial charge in [0, 0.05) is 6.54 Å². The first-order valence-corrected chi connectivity index (χ1v) is 8.75. The zero-order valence-corrected chi connectivity index (χ0v) is 13.5. The SMILES string of the molecule is O=C(O)c1ccc(CNS(=O)(=O)c2ccc3ccccc3c2)cc1. The Morgan fingerprint density at radius 3 is 2.25 bits per heavy atom. The van der Waals surface area contributed by atoms with Gasteiger partial charge >= 0.3 is 5.97 Å². The quantitative estimate of drug-likeness (QED) is 0.747. The Hall–Kier alpha value is -2.70. The van der Waals surface area contributed by atoms with E-state index in [1.165, 1.54) is 12.1 Å². The van der Waals surface area contributed by atoms with Crippen molar-refractivity contribution in [3.05, 3.63) is 77.9 Å². The monoisotopic (exact) mass is 341 g/mol. The lowest BCUT2D eigenvalue weighted by atomic mass is 10.1. The van der Waals surface area contributed by atoms with E-state index in [2.05, 4.69) is 4.72 Å². The lowest BCUT2D eigenvalue weighted by molar-refractivity contribution is 0.0697. The molecule has 0 spiro atoms. The number of aromatic carboxylic acids is 1. The maximum absolute atomic E-state index is 12.4. The lowest BCUT2D eigenvalue weighted by Crippen LogP contribution is -2.23. The Balaban J connectivity index is 1.78. The summed E-state index contributed by atoms with van der Waals surface area (Å²) in [6.45, 7) is 0.0923. The van der Waals surface area contributed by atoms with E-state index in [4.69, 9.17) is 5.11 Å². The summed E-state index contributed by atoms with van der Waals surface area (Å²) in [6.07, 6.45) is 0. The third kappa shape index (κ3) is 3.45. The summed E-state index contributed by atoms with van der Waals surface area (Å²) in [5.74, 6) is -1.02. The third-order valence-corrected chi connectivity index (χ3v) is 5.10. The molecule has 0 aliphatic heterocycles. The Kier molecular flexibility index (Phi) is 4.33. The van der Waals surface area contributed by atoms with Crippen molar-refractivity contribution in [3.63, 3.8) is 0 Å². The van der Waals surface area contributed by atoms with Gasteiger partial charge in [0.2, 0.25) is 10.0 Å². The first kappa shape index (κ1) is 16.2. The smallest absolute Gasteiger partial charge is 0.335 e. The molecule has 0 aliphatic rings. The fourth-order valence-corrected chi connectivity index (χ4v) is 3.41. The Morgan fingerprint density at radius 1 is 0.917 bits per heavy atom. The number of sulfonamides is 1. The number of benzene rings is 3. The first-order valence-electron chi connectivity index (χ1n) is 7.26. The number of carbonyl (C=O) groups is 1. The molecule has 2 N–H and O–H groups in total. The molecule has 0 radical (unpaired) electrons. The molecule has 3 aromatic carbocycles. The van der Waals surface area contributed by atoms with Crippen LogP contribution in [0.1, 0.15) is 15.9 Å². The van der Waals surface area contributed by atoms with E-state index < -0.39 is 16.0 Å². The minimum atomic E-state index is -3.64. The van der Waals surface area contributed by atoms with E-state index in [1.807, 2.05) is 24.3 Å². The van der Waals surface area contributed by atoms with Crippen LogP contribution in [0.4, 0.5) is 0 Å². The van der Waals surface area contributed by atoms with Crippen LogP contribution in [0.5, 0.6) is 0 Å². The van der Waals surface area contributed by atoms with Crippen molar-refractivity contribution in [1.82, 2.24) is 4.72 Å². The van der Waals surface area contributed by atoms with Gasteiger partial charge in [0.05, 0.1) is 10.5 Å². The molecule has 5 nitrogen and oxygen atoms in total. The van der Waals surface area contributed by atoms with Crippen LogP contribution < -0.4 is 4.72 Å². The highest BCUT2D eigenvalue weighted by atomic mass is 32.2. The van der Waals surface area contributed by atoms with E-state index in [0.717, 1.165) is 10.8 Å². The number of hydrogen-bond donors (Lipinski definition) is 2. The molecule has 24 heavy (non-hydrogen) atoms. The maximum atomic E-state index is 12.4. The molecule has 0 saturated heterocycles. The molecule has 0 atom stereocenters. The molecular formula is C18H15NO4S. The topological polar surface area (TPSA) is 83.5 Å². The second kappa shape index (κ2) is 6.43. The van der Waals surface area contributed by atoms with Gasteiger partial charge in [-0.2, -0.15) is 0 Å². The molecule has 0 aliphatic carbocycles. The molecule has 3 aromatic rings. The average molecular weight is 341 g/mol. The molecule has 3 rings (SSSR count). The molecular weight excluding hydrogens is 326 g/mol. The van der Waals surface area contributed by atoms with Crippen molar-refractivity contribution in [3.8, 4) is 0 Å². The number of carboxylic acid groups (broad SMARTS) is 1. The van der Waals surface area contributed by atoms with Gasteiger partial charge in [-0.25, -0.2) is 17.9 Å². The fraction of sp³-hybridized carbons (Fsp3) is 0.0556. The van der Waals surface area contributed by atoms with Crippen LogP contribution in [-0.4, -0.2) is 19.5 Å². The summed E-state index contributed by atoms with van der Waals surface area (Å²) in [4.78, 5) is 11.0. The standard InChI is InChI=1S/C18H15NO4S/c20-18(21)15-7-5-13(6-8-15)12-19-24(22,23)17-10-9-14-3-1-2-4-16(14)11-17/h1-11,19H,12H2,(H,20,21). The second-order valence-corrected chi connectivity index (χ2v) is 7.10. The van der Waals surface area contributed by atoms with Gasteiger partial charge in [0.15, 0.2) is 0 Å². The molecule has 6 heteroatoms. The molecule has 0 fully saturated rings. The van der Waals surface area contributed by atoms with E-state index in [1.54, 1.807) is 30.3 Å². The van der Waals surface area contributed by atoms with Crippen LogP contribution in [0.15, 0.2) is 71.6 Å². The van der Waals surface area contributed by atoms with Crippen molar-refractivity contribution in [2.24, 2.45) is 0 Å². The van der Waals surface area contributed by atoms with E-state index in [9.17, 15) is 13.2 Å². The normalized spacial score (nSPS) is 11.5. The van der Waals surface area contributed by atoms with Gasteiger partial charge in [-0.1, -0.05) is 42.5 Å². The van der Waals surface area contributed by atoms with Crippen molar-refractivity contribution in [2.75, 3.05) is 0 Å². The third-order valence-electron chi connectivity index (χ3n) is 3.70. The molecule has 122 valence electrons. The minimum Gasteiger partial charge on any atom is -0.478 e. The van der Waals surface area contributed by atoms with Crippen LogP contribution >= 0.6 is 0 Å². The van der Waals surface area contributed by atoms with Crippen molar-refractivity contribution in [1.29, 1.82) is 0 Å². The molecule has 0 heterocycles. The lowest BCUT2D eigenvalue weighted by Gasteiger charge is -2.08. The van der Waals surface area contributed by atoms with Crippen molar-refractivity contribution in [2.45, 2.75) is 11.4 Å². The Bertz CT molecular complexity index is 995. The second-order valence-electron chi connectivity index (χ2n) is 5.34. The van der Waals surface area contributed by atoms with Gasteiger partial charge in [0.25, 0.3) is 0 Å².